The highest BCUT2D eigenvalue weighted by Gasteiger charge is 1.75. The average molecular weight is 88.2 g/mol. The summed E-state index contributed by atoms with van der Waals surface area (Å²) >= 11 is 0. The molecule has 1 atom stereocenters. The Balaban J connectivity index is 2.83. The zero-order valence-corrected chi connectivity index (χ0v) is 5.31. The van der Waals surface area contributed by atoms with Gasteiger partial charge in [-0.3, -0.25) is 0 Å². The summed E-state index contributed by atoms with van der Waals surface area (Å²) in [4.78, 5) is 0. The van der Waals surface area contributed by atoms with Crippen LogP contribution in [0.25, 0.3) is 0 Å². The lowest BCUT2D eigenvalue weighted by molar-refractivity contribution is 0.303. The Bertz CT molecular complexity index is 33.9. The molecule has 0 aliphatic rings. The van der Waals surface area contributed by atoms with Gasteiger partial charge in [0.1, 0.15) is 0 Å². The van der Waals surface area contributed by atoms with Gasteiger partial charge in [-0.2, -0.15) is 0 Å². The van der Waals surface area contributed by atoms with Gasteiger partial charge in [-0.1, -0.05) is 6.08 Å². The second-order valence-corrected chi connectivity index (χ2v) is 2.16. The predicted molar refractivity (Wildman–Crippen MR) is 26.1 cm³/mol. The highest BCUT2D eigenvalue weighted by molar-refractivity contribution is 6.11. The van der Waals surface area contributed by atoms with Crippen molar-refractivity contribution in [2.75, 3.05) is 0 Å². The first-order valence-corrected chi connectivity index (χ1v) is 2.73. The van der Waals surface area contributed by atoms with Crippen LogP contribution >= 0.6 is 0 Å². The Kier molecular flexibility index (Phi) is 2.14. The third-order valence-corrected chi connectivity index (χ3v) is 0.813. The second kappa shape index (κ2) is 2.17. The van der Waals surface area contributed by atoms with Crippen molar-refractivity contribution in [3.63, 3.8) is 0 Å². The van der Waals surface area contributed by atoms with E-state index in [-0.39, 0.29) is 5.73 Å². The molecule has 0 aliphatic heterocycles. The van der Waals surface area contributed by atoms with Crippen molar-refractivity contribution in [1.29, 1.82) is 0 Å². The molecule has 2 heteroatoms. The first-order chi connectivity index (χ1) is 2.27. The van der Waals surface area contributed by atoms with E-state index in [9.17, 15) is 0 Å². The maximum Gasteiger partial charge on any atom is 0.0518 e. The molecule has 0 saturated heterocycles. The summed E-state index contributed by atoms with van der Waals surface area (Å²) in [5.74, 6) is 0. The minimum atomic E-state index is -0.213. The molecule has 0 aromatic heterocycles. The van der Waals surface area contributed by atoms with Crippen LogP contribution in [-0.4, -0.2) is 21.1 Å². The summed E-state index contributed by atoms with van der Waals surface area (Å²) in [5.41, 5.74) is -0.213. The van der Waals surface area contributed by atoms with Gasteiger partial charge in [0.25, 0.3) is 0 Å². The summed E-state index contributed by atoms with van der Waals surface area (Å²) in [6.07, 6.45) is 1.53. The van der Waals surface area contributed by atoms with Crippen molar-refractivity contribution in [2.24, 2.45) is 0 Å². The molecule has 0 aromatic rings. The van der Waals surface area contributed by atoms with Gasteiger partial charge in [-0.15, -0.1) is 6.58 Å². The predicted octanol–water partition coefficient (Wildman–Crippen LogP) is -1.14. The maximum atomic E-state index is 8.30. The lowest BCUT2D eigenvalue weighted by Crippen LogP contribution is -1.96. The zero-order chi connectivity index (χ0) is 4.28. The maximum absolute atomic E-state index is 8.30. The molecule has 0 amide bonds. The Labute approximate surface area is 34.7 Å². The minimum absolute atomic E-state index is 0.213. The number of hydrogen-bond donors (Lipinski definition) is 1. The van der Waals surface area contributed by atoms with E-state index in [1.165, 1.54) is 6.08 Å². The van der Waals surface area contributed by atoms with E-state index in [0.717, 1.165) is 10.2 Å². The molecule has 0 aliphatic carbocycles. The van der Waals surface area contributed by atoms with Crippen molar-refractivity contribution in [1.82, 2.24) is 0 Å². The molecule has 0 spiro atoms. The van der Waals surface area contributed by atoms with Crippen LogP contribution in [0.5, 0.6) is 0 Å². The van der Waals surface area contributed by atoms with Crippen LogP contribution in [-0.2, 0) is 0 Å². The number of rotatable bonds is 1. The normalized spacial score (nSPS) is 14.6. The molecule has 0 fully saturated rings. The Morgan fingerprint density at radius 3 is 2.20 bits per heavy atom. The molecule has 0 aromatic carbocycles. The van der Waals surface area contributed by atoms with Gasteiger partial charge in [0.15, 0.2) is 0 Å². The summed E-state index contributed by atoms with van der Waals surface area (Å²) in [6.45, 7) is 3.34. The van der Waals surface area contributed by atoms with Crippen molar-refractivity contribution >= 4 is 10.2 Å². The quantitative estimate of drug-likeness (QED) is 0.317. The molecule has 1 N–H and O–H groups in total. The highest BCUT2D eigenvalue weighted by Crippen LogP contribution is 1.66. The molecule has 1 unspecified atom stereocenters. The minimum Gasteiger partial charge on any atom is -0.394 e. The van der Waals surface area contributed by atoms with Crippen LogP contribution in [0.2, 0.25) is 0 Å². The van der Waals surface area contributed by atoms with E-state index in [1.807, 2.05) is 0 Å². The Morgan fingerprint density at radius 2 is 2.20 bits per heavy atom. The summed E-state index contributed by atoms with van der Waals surface area (Å²) in [7, 11) is 0.807. The largest absolute Gasteiger partial charge is 0.394 e. The van der Waals surface area contributed by atoms with E-state index in [0.29, 0.717) is 0 Å². The van der Waals surface area contributed by atoms with Gasteiger partial charge in [0.05, 0.1) is 5.73 Å². The van der Waals surface area contributed by atoms with Crippen LogP contribution in [0, 0.1) is 0 Å². The lowest BCUT2D eigenvalue weighted by atomic mass is 10.7. The third kappa shape index (κ3) is 3.92. The fraction of sp³-hybridized carbons (Fsp3) is 0.333. The molecule has 0 saturated carbocycles. The number of hydrogen-bond acceptors (Lipinski definition) is 1. The Morgan fingerprint density at radius 1 is 2.00 bits per heavy atom. The number of aliphatic hydroxyl groups excluding tert-OH is 1. The van der Waals surface area contributed by atoms with Crippen molar-refractivity contribution < 1.29 is 5.11 Å². The fourth-order valence-electron chi connectivity index (χ4n) is 0. The smallest absolute Gasteiger partial charge is 0.0518 e. The monoisotopic (exact) mass is 88.0 g/mol. The molecule has 1 nitrogen and oxygen atoms in total. The molecular formula is C3H8OSi. The highest BCUT2D eigenvalue weighted by atomic mass is 28.1. The Hall–Kier alpha value is -0.0831. The molecule has 0 radical (unpaired) electrons. The number of aliphatic hydroxyl groups is 1. The first kappa shape index (κ1) is 4.92. The molecular weight excluding hydrogens is 80.1 g/mol. The van der Waals surface area contributed by atoms with E-state index < -0.39 is 0 Å². The second-order valence-electron chi connectivity index (χ2n) is 0.976. The van der Waals surface area contributed by atoms with Gasteiger partial charge in [0, 0.05) is 10.2 Å². The van der Waals surface area contributed by atoms with Gasteiger partial charge in [-0.05, 0) is 0 Å². The van der Waals surface area contributed by atoms with Crippen LogP contribution in [0.1, 0.15) is 0 Å². The third-order valence-electron chi connectivity index (χ3n) is 0.341. The van der Waals surface area contributed by atoms with E-state index in [1.54, 1.807) is 0 Å². The van der Waals surface area contributed by atoms with Crippen LogP contribution in [0.4, 0.5) is 0 Å². The van der Waals surface area contributed by atoms with Gasteiger partial charge in [-0.25, -0.2) is 0 Å². The molecule has 0 rings (SSSR count). The van der Waals surface area contributed by atoms with Crippen LogP contribution in [0.3, 0.4) is 0 Å². The molecule has 0 heterocycles. The van der Waals surface area contributed by atoms with Crippen LogP contribution in [0.15, 0.2) is 12.7 Å². The van der Waals surface area contributed by atoms with Crippen molar-refractivity contribution in [3.05, 3.63) is 12.7 Å². The molecule has 0 bridgehead atoms. The lowest BCUT2D eigenvalue weighted by Gasteiger charge is -1.84. The average Bonchev–Trinajstić information content (AvgIpc) is 1.38. The summed E-state index contributed by atoms with van der Waals surface area (Å²) in [5, 5.41) is 8.30. The van der Waals surface area contributed by atoms with Gasteiger partial charge < -0.3 is 5.11 Å². The first-order valence-electron chi connectivity index (χ1n) is 1.58. The SMILES string of the molecule is C=CC(O)[SiH3]. The van der Waals surface area contributed by atoms with E-state index in [2.05, 4.69) is 6.58 Å². The summed E-state index contributed by atoms with van der Waals surface area (Å²) in [6, 6.07) is 0. The van der Waals surface area contributed by atoms with Gasteiger partial charge >= 0.3 is 0 Å². The van der Waals surface area contributed by atoms with E-state index in [4.69, 9.17) is 5.11 Å². The standard InChI is InChI=1S/C3H8OSi/c1-2-3(4)5/h2-4H,1H2,5H3. The zero-order valence-electron chi connectivity index (χ0n) is 3.31. The van der Waals surface area contributed by atoms with E-state index >= 15 is 0 Å². The van der Waals surface area contributed by atoms with Gasteiger partial charge in [0.2, 0.25) is 0 Å². The van der Waals surface area contributed by atoms with Crippen molar-refractivity contribution in [2.45, 2.75) is 5.73 Å². The topological polar surface area (TPSA) is 20.2 Å². The molecule has 30 valence electrons. The van der Waals surface area contributed by atoms with Crippen molar-refractivity contribution in [3.8, 4) is 0 Å². The van der Waals surface area contributed by atoms with Crippen LogP contribution < -0.4 is 0 Å². The summed E-state index contributed by atoms with van der Waals surface area (Å²) < 4.78 is 0. The fourth-order valence-corrected chi connectivity index (χ4v) is 0. The molecule has 5 heavy (non-hydrogen) atoms.